The molecule has 0 aromatic heterocycles. The van der Waals surface area contributed by atoms with Gasteiger partial charge in [0.25, 0.3) is 0 Å². The van der Waals surface area contributed by atoms with Crippen molar-refractivity contribution in [2.75, 3.05) is 6.29 Å². The summed E-state index contributed by atoms with van der Waals surface area (Å²) >= 11 is 0. The lowest BCUT2D eigenvalue weighted by Crippen LogP contribution is -2.39. The van der Waals surface area contributed by atoms with Gasteiger partial charge in [-0.1, -0.05) is 60.7 Å². The fourth-order valence-corrected chi connectivity index (χ4v) is 3.67. The average Bonchev–Trinajstić information content (AvgIpc) is 2.59. The number of hydrogen-bond acceptors (Lipinski definition) is 5. The maximum absolute atomic E-state index is 13.2. The highest BCUT2D eigenvalue weighted by Crippen LogP contribution is 2.50. The van der Waals surface area contributed by atoms with Crippen LogP contribution >= 0.6 is 7.60 Å². The van der Waals surface area contributed by atoms with Gasteiger partial charge < -0.3 is 14.3 Å². The van der Waals surface area contributed by atoms with E-state index in [0.717, 1.165) is 16.2 Å². The van der Waals surface area contributed by atoms with E-state index >= 15 is 0 Å². The Bertz CT molecular complexity index is 638. The molecule has 0 aliphatic carbocycles. The van der Waals surface area contributed by atoms with Gasteiger partial charge >= 0.3 is 7.60 Å². The van der Waals surface area contributed by atoms with Crippen molar-refractivity contribution in [2.24, 2.45) is 0 Å². The summed E-state index contributed by atoms with van der Waals surface area (Å²) in [5.74, 6) is 0. The molecule has 0 aliphatic rings. The minimum absolute atomic E-state index is 0.158. The number of nitrogens with zero attached hydrogens (tertiary/aromatic N) is 1. The van der Waals surface area contributed by atoms with Gasteiger partial charge in [-0.3, -0.25) is 4.57 Å². The molecule has 136 valence electrons. The Morgan fingerprint density at radius 3 is 1.64 bits per heavy atom. The van der Waals surface area contributed by atoms with E-state index in [1.165, 1.54) is 0 Å². The van der Waals surface area contributed by atoms with Crippen LogP contribution < -0.4 is 0 Å². The van der Waals surface area contributed by atoms with E-state index in [0.29, 0.717) is 0 Å². The average molecular weight is 363 g/mol. The van der Waals surface area contributed by atoms with Crippen LogP contribution in [0.3, 0.4) is 0 Å². The Kier molecular flexibility index (Phi) is 6.94. The SMILES string of the molecule is CC(C)(C)N(O)CP(=O)(OCc1ccccc1)OCc1ccccc1. The third-order valence-corrected chi connectivity index (χ3v) is 5.28. The number of hydroxylamine groups is 2. The maximum Gasteiger partial charge on any atom is 0.347 e. The minimum Gasteiger partial charge on any atom is -0.313 e. The van der Waals surface area contributed by atoms with E-state index in [9.17, 15) is 9.77 Å². The largest absolute Gasteiger partial charge is 0.347 e. The molecule has 6 heteroatoms. The summed E-state index contributed by atoms with van der Waals surface area (Å²) in [6, 6.07) is 18.9. The molecule has 5 nitrogen and oxygen atoms in total. The molecule has 1 N–H and O–H groups in total. The van der Waals surface area contributed by atoms with Crippen LogP contribution in [-0.4, -0.2) is 22.1 Å². The number of rotatable bonds is 8. The molecule has 0 heterocycles. The molecule has 0 atom stereocenters. The van der Waals surface area contributed by atoms with E-state index < -0.39 is 13.1 Å². The number of benzene rings is 2. The zero-order valence-corrected chi connectivity index (χ0v) is 15.9. The first-order valence-corrected chi connectivity index (χ1v) is 9.94. The van der Waals surface area contributed by atoms with Gasteiger partial charge in [0, 0.05) is 5.54 Å². The quantitative estimate of drug-likeness (QED) is 0.525. The molecule has 2 rings (SSSR count). The molecule has 0 bridgehead atoms. The zero-order valence-electron chi connectivity index (χ0n) is 15.0. The highest BCUT2D eigenvalue weighted by Gasteiger charge is 2.32. The third kappa shape index (κ3) is 6.73. The predicted octanol–water partition coefficient (Wildman–Crippen LogP) is 5.06. The van der Waals surface area contributed by atoms with Crippen molar-refractivity contribution in [1.82, 2.24) is 5.06 Å². The van der Waals surface area contributed by atoms with Crippen LogP contribution in [0, 0.1) is 0 Å². The van der Waals surface area contributed by atoms with Crippen LogP contribution in [0.4, 0.5) is 0 Å². The Hall–Kier alpha value is -1.49. The second kappa shape index (κ2) is 8.75. The smallest absolute Gasteiger partial charge is 0.313 e. The molecular formula is C19H26NO4P. The first kappa shape index (κ1) is 19.8. The summed E-state index contributed by atoms with van der Waals surface area (Å²) < 4.78 is 24.4. The Balaban J connectivity index is 2.07. The Morgan fingerprint density at radius 1 is 0.880 bits per heavy atom. The van der Waals surface area contributed by atoms with Gasteiger partial charge in [-0.25, -0.2) is 0 Å². The lowest BCUT2D eigenvalue weighted by Gasteiger charge is -2.32. The van der Waals surface area contributed by atoms with Crippen LogP contribution in [0.1, 0.15) is 31.9 Å². The normalized spacial score (nSPS) is 12.5. The Labute approximate surface area is 149 Å². The molecule has 0 saturated heterocycles. The lowest BCUT2D eigenvalue weighted by molar-refractivity contribution is -0.144. The molecule has 2 aromatic carbocycles. The molecule has 25 heavy (non-hydrogen) atoms. The van der Waals surface area contributed by atoms with Gasteiger partial charge in [0.2, 0.25) is 0 Å². The summed E-state index contributed by atoms with van der Waals surface area (Å²) in [6.07, 6.45) is -0.198. The van der Waals surface area contributed by atoms with Crippen LogP contribution in [-0.2, 0) is 26.8 Å². The molecule has 0 fully saturated rings. The van der Waals surface area contributed by atoms with Crippen molar-refractivity contribution in [3.8, 4) is 0 Å². The van der Waals surface area contributed by atoms with Gasteiger partial charge in [0.1, 0.15) is 6.29 Å². The van der Waals surface area contributed by atoms with Crippen molar-refractivity contribution in [3.05, 3.63) is 71.8 Å². The van der Waals surface area contributed by atoms with Crippen LogP contribution in [0.15, 0.2) is 60.7 Å². The molecule has 0 spiro atoms. The lowest BCUT2D eigenvalue weighted by atomic mass is 10.1. The number of hydrogen-bond donors (Lipinski definition) is 1. The molecule has 2 aromatic rings. The molecule has 0 saturated carbocycles. The van der Waals surface area contributed by atoms with Crippen molar-refractivity contribution in [3.63, 3.8) is 0 Å². The van der Waals surface area contributed by atoms with Crippen LogP contribution in [0.2, 0.25) is 0 Å². The van der Waals surface area contributed by atoms with Crippen molar-refractivity contribution in [2.45, 2.75) is 39.5 Å². The molecule has 0 aliphatic heterocycles. The van der Waals surface area contributed by atoms with Gasteiger partial charge in [0.05, 0.1) is 13.2 Å². The molecule has 0 unspecified atom stereocenters. The van der Waals surface area contributed by atoms with Crippen molar-refractivity contribution < 1.29 is 18.8 Å². The van der Waals surface area contributed by atoms with E-state index in [-0.39, 0.29) is 19.5 Å². The highest BCUT2D eigenvalue weighted by atomic mass is 31.2. The predicted molar refractivity (Wildman–Crippen MR) is 98.3 cm³/mol. The fourth-order valence-electron chi connectivity index (χ4n) is 1.99. The van der Waals surface area contributed by atoms with Gasteiger partial charge in [-0.15, -0.1) is 0 Å². The second-order valence-electron chi connectivity index (χ2n) is 6.84. The molecule has 0 amide bonds. The zero-order chi connectivity index (χ0) is 18.3. The second-order valence-corrected chi connectivity index (χ2v) is 8.86. The molecule has 0 radical (unpaired) electrons. The Morgan fingerprint density at radius 2 is 1.28 bits per heavy atom. The fraction of sp³-hybridized carbons (Fsp3) is 0.368. The highest BCUT2D eigenvalue weighted by molar-refractivity contribution is 7.53. The summed E-state index contributed by atoms with van der Waals surface area (Å²) in [4.78, 5) is 0. The first-order chi connectivity index (χ1) is 11.8. The topological polar surface area (TPSA) is 59.0 Å². The van der Waals surface area contributed by atoms with Gasteiger partial charge in [-0.2, -0.15) is 5.06 Å². The standard InChI is InChI=1S/C19H26NO4P/c1-19(2,3)20(21)16-25(22,23-14-17-10-6-4-7-11-17)24-15-18-12-8-5-9-13-18/h4-13,21H,14-16H2,1-3H3. The molecular weight excluding hydrogens is 337 g/mol. The van der Waals surface area contributed by atoms with Crippen molar-refractivity contribution in [1.29, 1.82) is 0 Å². The summed E-state index contributed by atoms with van der Waals surface area (Å²) in [6.45, 7) is 5.79. The summed E-state index contributed by atoms with van der Waals surface area (Å²) in [7, 11) is -3.53. The van der Waals surface area contributed by atoms with Crippen LogP contribution in [0.25, 0.3) is 0 Å². The van der Waals surface area contributed by atoms with Gasteiger partial charge in [-0.05, 0) is 31.9 Å². The summed E-state index contributed by atoms with van der Waals surface area (Å²) in [5.41, 5.74) is 1.22. The van der Waals surface area contributed by atoms with E-state index in [2.05, 4.69) is 0 Å². The van der Waals surface area contributed by atoms with Crippen LogP contribution in [0.5, 0.6) is 0 Å². The first-order valence-electron chi connectivity index (χ1n) is 8.21. The van der Waals surface area contributed by atoms with E-state index in [4.69, 9.17) is 9.05 Å². The van der Waals surface area contributed by atoms with E-state index in [1.54, 1.807) is 0 Å². The van der Waals surface area contributed by atoms with E-state index in [1.807, 2.05) is 81.4 Å². The van der Waals surface area contributed by atoms with Gasteiger partial charge in [0.15, 0.2) is 0 Å². The third-order valence-electron chi connectivity index (χ3n) is 3.62. The summed E-state index contributed by atoms with van der Waals surface area (Å²) in [5, 5.41) is 11.2. The van der Waals surface area contributed by atoms with Crippen molar-refractivity contribution >= 4 is 7.60 Å². The maximum atomic E-state index is 13.2. The monoisotopic (exact) mass is 363 g/mol. The minimum atomic E-state index is -3.53.